The van der Waals surface area contributed by atoms with Crippen molar-refractivity contribution in [3.05, 3.63) is 0 Å². The average Bonchev–Trinajstić information content (AvgIpc) is 2.45. The molecule has 1 saturated heterocycles. The van der Waals surface area contributed by atoms with Crippen LogP contribution in [0.4, 0.5) is 0 Å². The zero-order valence-corrected chi connectivity index (χ0v) is 13.8. The molecule has 4 heteroatoms. The van der Waals surface area contributed by atoms with Crippen LogP contribution in [0.5, 0.6) is 0 Å². The van der Waals surface area contributed by atoms with Gasteiger partial charge in [-0.1, -0.05) is 20.8 Å². The van der Waals surface area contributed by atoms with E-state index in [2.05, 4.69) is 37.9 Å². The van der Waals surface area contributed by atoms with Gasteiger partial charge in [0, 0.05) is 26.2 Å². The largest absolute Gasteiger partial charge is 0.394 e. The Morgan fingerprint density at radius 3 is 2.50 bits per heavy atom. The van der Waals surface area contributed by atoms with E-state index in [9.17, 15) is 5.11 Å². The molecule has 2 atom stereocenters. The summed E-state index contributed by atoms with van der Waals surface area (Å²) in [5, 5.41) is 12.9. The van der Waals surface area contributed by atoms with Crippen LogP contribution >= 0.6 is 0 Å². The Morgan fingerprint density at radius 1 is 1.25 bits per heavy atom. The lowest BCUT2D eigenvalue weighted by Gasteiger charge is -2.42. The number of nitrogens with one attached hydrogen (secondary N) is 1. The van der Waals surface area contributed by atoms with E-state index in [1.54, 1.807) is 0 Å². The molecule has 4 nitrogen and oxygen atoms in total. The van der Waals surface area contributed by atoms with Gasteiger partial charge in [0.2, 0.25) is 0 Å². The maximum atomic E-state index is 9.35. The SMILES string of the molecule is CCCNCC(CC)(CC)CN1CC(C)OC(CO)C1. The van der Waals surface area contributed by atoms with Gasteiger partial charge in [0.1, 0.15) is 0 Å². The lowest BCUT2D eigenvalue weighted by atomic mass is 9.81. The van der Waals surface area contributed by atoms with E-state index in [4.69, 9.17) is 4.74 Å². The molecule has 0 amide bonds. The van der Waals surface area contributed by atoms with E-state index >= 15 is 0 Å². The summed E-state index contributed by atoms with van der Waals surface area (Å²) in [5.41, 5.74) is 0.340. The van der Waals surface area contributed by atoms with Crippen LogP contribution in [0.15, 0.2) is 0 Å². The molecule has 0 radical (unpaired) electrons. The number of hydrogen-bond acceptors (Lipinski definition) is 4. The summed E-state index contributed by atoms with van der Waals surface area (Å²) in [6.07, 6.45) is 3.76. The van der Waals surface area contributed by atoms with Crippen LogP contribution in [0.1, 0.15) is 47.0 Å². The standard InChI is InChI=1S/C16H34N2O2/c1-5-8-17-12-16(6-2,7-3)13-18-9-14(4)20-15(10-18)11-19/h14-15,17,19H,5-13H2,1-4H3. The van der Waals surface area contributed by atoms with Crippen molar-refractivity contribution in [3.8, 4) is 0 Å². The molecule has 0 saturated carbocycles. The number of hydrogen-bond donors (Lipinski definition) is 2. The smallest absolute Gasteiger partial charge is 0.0936 e. The monoisotopic (exact) mass is 286 g/mol. The minimum atomic E-state index is -0.0197. The van der Waals surface area contributed by atoms with Gasteiger partial charge in [-0.05, 0) is 38.1 Å². The van der Waals surface area contributed by atoms with Gasteiger partial charge in [-0.15, -0.1) is 0 Å². The van der Waals surface area contributed by atoms with Crippen molar-refractivity contribution >= 4 is 0 Å². The number of rotatable bonds is 9. The van der Waals surface area contributed by atoms with Crippen LogP contribution < -0.4 is 5.32 Å². The Bertz CT molecular complexity index is 257. The molecule has 0 aromatic heterocycles. The van der Waals surface area contributed by atoms with Crippen molar-refractivity contribution in [1.82, 2.24) is 10.2 Å². The molecule has 1 rings (SSSR count). The van der Waals surface area contributed by atoms with Crippen molar-refractivity contribution in [3.63, 3.8) is 0 Å². The molecule has 1 heterocycles. The molecule has 20 heavy (non-hydrogen) atoms. The quantitative estimate of drug-likeness (QED) is 0.635. The van der Waals surface area contributed by atoms with Crippen molar-refractivity contribution in [2.24, 2.45) is 5.41 Å². The first-order valence-corrected chi connectivity index (χ1v) is 8.28. The summed E-state index contributed by atoms with van der Waals surface area (Å²) in [6, 6.07) is 0. The molecule has 2 N–H and O–H groups in total. The van der Waals surface area contributed by atoms with Crippen LogP contribution in [-0.2, 0) is 4.74 Å². The Labute approximate surface area is 124 Å². The van der Waals surface area contributed by atoms with Crippen LogP contribution in [0.25, 0.3) is 0 Å². The third-order valence-electron chi connectivity index (χ3n) is 4.59. The molecular formula is C16H34N2O2. The Hall–Kier alpha value is -0.160. The van der Waals surface area contributed by atoms with Gasteiger partial charge < -0.3 is 15.2 Å². The fraction of sp³-hybridized carbons (Fsp3) is 1.00. The van der Waals surface area contributed by atoms with Crippen LogP contribution in [-0.4, -0.2) is 61.5 Å². The third-order valence-corrected chi connectivity index (χ3v) is 4.59. The molecule has 0 aromatic rings. The third kappa shape index (κ3) is 5.32. The fourth-order valence-corrected chi connectivity index (χ4v) is 3.15. The summed E-state index contributed by atoms with van der Waals surface area (Å²) >= 11 is 0. The summed E-state index contributed by atoms with van der Waals surface area (Å²) in [4.78, 5) is 2.48. The molecule has 2 unspecified atom stereocenters. The normalized spacial score (nSPS) is 25.1. The van der Waals surface area contributed by atoms with E-state index in [0.717, 1.165) is 32.7 Å². The van der Waals surface area contributed by atoms with Gasteiger partial charge in [-0.25, -0.2) is 0 Å². The Kier molecular flexibility index (Phi) is 8.03. The minimum Gasteiger partial charge on any atom is -0.394 e. The van der Waals surface area contributed by atoms with Crippen molar-refractivity contribution < 1.29 is 9.84 Å². The summed E-state index contributed by atoms with van der Waals surface area (Å²) in [7, 11) is 0. The van der Waals surface area contributed by atoms with Gasteiger partial charge in [-0.2, -0.15) is 0 Å². The first-order valence-electron chi connectivity index (χ1n) is 8.28. The molecule has 0 aliphatic carbocycles. The average molecular weight is 286 g/mol. The lowest BCUT2D eigenvalue weighted by Crippen LogP contribution is -2.53. The van der Waals surface area contributed by atoms with Crippen LogP contribution in [0.3, 0.4) is 0 Å². The second kappa shape index (κ2) is 8.98. The molecule has 0 aromatic carbocycles. The molecule has 1 aliphatic heterocycles. The lowest BCUT2D eigenvalue weighted by molar-refractivity contribution is -0.103. The van der Waals surface area contributed by atoms with E-state index < -0.39 is 0 Å². The summed E-state index contributed by atoms with van der Waals surface area (Å²) in [5.74, 6) is 0. The first kappa shape index (κ1) is 17.9. The number of ether oxygens (including phenoxy) is 1. The second-order valence-corrected chi connectivity index (χ2v) is 6.33. The number of morpholine rings is 1. The molecule has 1 fully saturated rings. The van der Waals surface area contributed by atoms with Gasteiger partial charge >= 0.3 is 0 Å². The highest BCUT2D eigenvalue weighted by molar-refractivity contribution is 4.86. The number of aliphatic hydroxyl groups excluding tert-OH is 1. The first-order chi connectivity index (χ1) is 9.59. The molecule has 1 aliphatic rings. The highest BCUT2D eigenvalue weighted by atomic mass is 16.5. The van der Waals surface area contributed by atoms with E-state index in [1.165, 1.54) is 19.3 Å². The molecule has 0 bridgehead atoms. The van der Waals surface area contributed by atoms with E-state index in [1.807, 2.05) is 0 Å². The van der Waals surface area contributed by atoms with Gasteiger partial charge in [0.15, 0.2) is 0 Å². The topological polar surface area (TPSA) is 44.7 Å². The Morgan fingerprint density at radius 2 is 1.95 bits per heavy atom. The van der Waals surface area contributed by atoms with Gasteiger partial charge in [0.25, 0.3) is 0 Å². The van der Waals surface area contributed by atoms with Crippen LogP contribution in [0, 0.1) is 5.41 Å². The summed E-state index contributed by atoms with van der Waals surface area (Å²) < 4.78 is 5.74. The molecule has 120 valence electrons. The zero-order chi connectivity index (χ0) is 15.0. The highest BCUT2D eigenvalue weighted by Crippen LogP contribution is 2.28. The van der Waals surface area contributed by atoms with Crippen molar-refractivity contribution in [2.75, 3.05) is 39.3 Å². The maximum absolute atomic E-state index is 9.35. The van der Waals surface area contributed by atoms with E-state index in [-0.39, 0.29) is 18.8 Å². The maximum Gasteiger partial charge on any atom is 0.0936 e. The number of aliphatic hydroxyl groups is 1. The Balaban J connectivity index is 2.59. The van der Waals surface area contributed by atoms with E-state index in [0.29, 0.717) is 5.41 Å². The minimum absolute atomic E-state index is 0.0197. The van der Waals surface area contributed by atoms with Gasteiger partial charge in [0.05, 0.1) is 18.8 Å². The fourth-order valence-electron chi connectivity index (χ4n) is 3.15. The van der Waals surface area contributed by atoms with Crippen molar-refractivity contribution in [2.45, 2.75) is 59.2 Å². The second-order valence-electron chi connectivity index (χ2n) is 6.33. The van der Waals surface area contributed by atoms with Crippen molar-refractivity contribution in [1.29, 1.82) is 0 Å². The predicted octanol–water partition coefficient (Wildman–Crippen LogP) is 1.87. The molecular weight excluding hydrogens is 252 g/mol. The zero-order valence-electron chi connectivity index (χ0n) is 13.8. The highest BCUT2D eigenvalue weighted by Gasteiger charge is 2.32. The molecule has 0 spiro atoms. The number of nitrogens with zero attached hydrogens (tertiary/aromatic N) is 1. The predicted molar refractivity (Wildman–Crippen MR) is 84.0 cm³/mol. The summed E-state index contributed by atoms with van der Waals surface area (Å²) in [6.45, 7) is 14.1. The van der Waals surface area contributed by atoms with Gasteiger partial charge in [-0.3, -0.25) is 4.90 Å². The van der Waals surface area contributed by atoms with Crippen LogP contribution in [0.2, 0.25) is 0 Å².